The Morgan fingerprint density at radius 3 is 2.44 bits per heavy atom. The third-order valence-corrected chi connectivity index (χ3v) is 3.66. The highest BCUT2D eigenvalue weighted by Crippen LogP contribution is 2.15. The molecule has 134 valence electrons. The van der Waals surface area contributed by atoms with E-state index in [0.29, 0.717) is 11.6 Å². The summed E-state index contributed by atoms with van der Waals surface area (Å²) in [6.07, 6.45) is 1.03. The number of carbonyl (C=O) groups excluding carboxylic acids is 2. The summed E-state index contributed by atoms with van der Waals surface area (Å²) >= 11 is 0. The number of nitrogens with one attached hydrogen (secondary N) is 1. The van der Waals surface area contributed by atoms with Crippen molar-refractivity contribution in [3.8, 4) is 0 Å². The van der Waals surface area contributed by atoms with E-state index in [1.54, 1.807) is 6.92 Å². The van der Waals surface area contributed by atoms with Gasteiger partial charge >= 0.3 is 5.97 Å². The van der Waals surface area contributed by atoms with Crippen molar-refractivity contribution in [2.75, 3.05) is 6.61 Å². The lowest BCUT2D eigenvalue weighted by atomic mass is 10.00. The number of benzene rings is 1. The Kier molecular flexibility index (Phi) is 6.33. The molecule has 2 rings (SSSR count). The second-order valence-electron chi connectivity index (χ2n) is 6.54. The molecule has 1 atom stereocenters. The molecule has 0 fully saturated rings. The smallest absolute Gasteiger partial charge is 0.377 e. The first-order valence-corrected chi connectivity index (χ1v) is 8.33. The Balaban J connectivity index is 1.82. The molecule has 1 amide bonds. The normalized spacial score (nSPS) is 12.0. The molecule has 0 spiro atoms. The van der Waals surface area contributed by atoms with E-state index >= 15 is 0 Å². The van der Waals surface area contributed by atoms with Crippen molar-refractivity contribution < 1.29 is 18.8 Å². The Bertz CT molecular complexity index is 719. The van der Waals surface area contributed by atoms with Gasteiger partial charge in [0, 0.05) is 6.07 Å². The molecule has 0 aliphatic heterocycles. The monoisotopic (exact) mass is 344 g/mol. The number of aryl methyl sites for hydroxylation is 1. The SMILES string of the molecule is Cc1cc(C(=O)OCC(=O)N[C@H](C)c2ccc(CC(C)C)cc2)on1. The molecule has 2 aromatic rings. The maximum atomic E-state index is 11.9. The fourth-order valence-corrected chi connectivity index (χ4v) is 2.44. The van der Waals surface area contributed by atoms with E-state index < -0.39 is 5.97 Å². The number of ether oxygens (including phenoxy) is 1. The van der Waals surface area contributed by atoms with Crippen LogP contribution in [0.15, 0.2) is 34.9 Å². The van der Waals surface area contributed by atoms with Crippen molar-refractivity contribution >= 4 is 11.9 Å². The summed E-state index contributed by atoms with van der Waals surface area (Å²) < 4.78 is 9.71. The predicted molar refractivity (Wildman–Crippen MR) is 93.1 cm³/mol. The third-order valence-electron chi connectivity index (χ3n) is 3.66. The number of hydrogen-bond donors (Lipinski definition) is 1. The maximum Gasteiger partial charge on any atom is 0.377 e. The van der Waals surface area contributed by atoms with E-state index in [4.69, 9.17) is 9.26 Å². The van der Waals surface area contributed by atoms with Crippen LogP contribution in [0.1, 0.15) is 54.2 Å². The number of nitrogens with zero attached hydrogens (tertiary/aromatic N) is 1. The first kappa shape index (κ1) is 18.7. The predicted octanol–water partition coefficient (Wildman–Crippen LogP) is 3.22. The molecular weight excluding hydrogens is 320 g/mol. The van der Waals surface area contributed by atoms with Gasteiger partial charge in [0.1, 0.15) is 0 Å². The molecule has 0 saturated carbocycles. The molecule has 1 heterocycles. The van der Waals surface area contributed by atoms with Crippen molar-refractivity contribution in [2.45, 2.75) is 40.2 Å². The zero-order valence-electron chi connectivity index (χ0n) is 15.0. The summed E-state index contributed by atoms with van der Waals surface area (Å²) in [6.45, 7) is 7.57. The zero-order chi connectivity index (χ0) is 18.4. The quantitative estimate of drug-likeness (QED) is 0.780. The fourth-order valence-electron chi connectivity index (χ4n) is 2.44. The molecular formula is C19H24N2O4. The lowest BCUT2D eigenvalue weighted by molar-refractivity contribution is -0.124. The average Bonchev–Trinajstić information content (AvgIpc) is 2.99. The molecule has 0 aliphatic rings. The van der Waals surface area contributed by atoms with Crippen LogP contribution in [0.4, 0.5) is 0 Å². The molecule has 1 aromatic heterocycles. The van der Waals surface area contributed by atoms with E-state index in [1.807, 2.05) is 19.1 Å². The Labute approximate surface area is 147 Å². The summed E-state index contributed by atoms with van der Waals surface area (Å²) in [6, 6.07) is 9.44. The Morgan fingerprint density at radius 1 is 1.20 bits per heavy atom. The van der Waals surface area contributed by atoms with Gasteiger partial charge in [0.2, 0.25) is 5.76 Å². The number of esters is 1. The van der Waals surface area contributed by atoms with Crippen molar-refractivity contribution in [1.82, 2.24) is 10.5 Å². The Morgan fingerprint density at radius 2 is 1.88 bits per heavy atom. The van der Waals surface area contributed by atoms with Crippen molar-refractivity contribution in [3.63, 3.8) is 0 Å². The Hall–Kier alpha value is -2.63. The minimum Gasteiger partial charge on any atom is -0.450 e. The van der Waals surface area contributed by atoms with Crippen LogP contribution in [0.5, 0.6) is 0 Å². The van der Waals surface area contributed by atoms with Crippen LogP contribution in [0.3, 0.4) is 0 Å². The molecule has 0 radical (unpaired) electrons. The van der Waals surface area contributed by atoms with Crippen LogP contribution in [0, 0.1) is 12.8 Å². The summed E-state index contributed by atoms with van der Waals surface area (Å²) in [4.78, 5) is 23.7. The highest BCUT2D eigenvalue weighted by atomic mass is 16.6. The highest BCUT2D eigenvalue weighted by molar-refractivity contribution is 5.88. The number of rotatable bonds is 7. The topological polar surface area (TPSA) is 81.4 Å². The second-order valence-corrected chi connectivity index (χ2v) is 6.54. The second kappa shape index (κ2) is 8.46. The van der Waals surface area contributed by atoms with Gasteiger partial charge in [-0.1, -0.05) is 43.3 Å². The van der Waals surface area contributed by atoms with Gasteiger partial charge in [-0.05, 0) is 37.3 Å². The standard InChI is InChI=1S/C19H24N2O4/c1-12(2)9-15-5-7-16(8-6-15)14(4)20-18(22)11-24-19(23)17-10-13(3)21-25-17/h5-8,10,12,14H,9,11H2,1-4H3,(H,20,22)/t14-/m1/s1. The van der Waals surface area contributed by atoms with Crippen molar-refractivity contribution in [1.29, 1.82) is 0 Å². The van der Waals surface area contributed by atoms with Gasteiger partial charge in [0.05, 0.1) is 11.7 Å². The lowest BCUT2D eigenvalue weighted by Gasteiger charge is -2.15. The third kappa shape index (κ3) is 5.74. The molecule has 0 unspecified atom stereocenters. The summed E-state index contributed by atoms with van der Waals surface area (Å²) in [7, 11) is 0. The van der Waals surface area contributed by atoms with Crippen LogP contribution in [0.2, 0.25) is 0 Å². The molecule has 0 saturated heterocycles. The van der Waals surface area contributed by atoms with Crippen LogP contribution >= 0.6 is 0 Å². The summed E-state index contributed by atoms with van der Waals surface area (Å²) in [5.74, 6) is -0.491. The molecule has 6 nitrogen and oxygen atoms in total. The van der Waals surface area contributed by atoms with Gasteiger partial charge in [0.15, 0.2) is 6.61 Å². The summed E-state index contributed by atoms with van der Waals surface area (Å²) in [5.41, 5.74) is 2.84. The van der Waals surface area contributed by atoms with Gasteiger partial charge < -0.3 is 14.6 Å². The van der Waals surface area contributed by atoms with Gasteiger partial charge in [-0.2, -0.15) is 0 Å². The molecule has 1 N–H and O–H groups in total. The molecule has 25 heavy (non-hydrogen) atoms. The number of carbonyl (C=O) groups is 2. The van der Waals surface area contributed by atoms with E-state index in [2.05, 4.69) is 36.5 Å². The number of hydrogen-bond acceptors (Lipinski definition) is 5. The van der Waals surface area contributed by atoms with Gasteiger partial charge in [0.25, 0.3) is 5.91 Å². The minimum atomic E-state index is -0.707. The molecule has 0 bridgehead atoms. The van der Waals surface area contributed by atoms with E-state index in [-0.39, 0.29) is 24.3 Å². The highest BCUT2D eigenvalue weighted by Gasteiger charge is 2.16. The van der Waals surface area contributed by atoms with E-state index in [1.165, 1.54) is 11.6 Å². The molecule has 1 aromatic carbocycles. The lowest BCUT2D eigenvalue weighted by Crippen LogP contribution is -2.31. The van der Waals surface area contributed by atoms with Crippen LogP contribution in [-0.2, 0) is 16.0 Å². The van der Waals surface area contributed by atoms with Gasteiger partial charge in [-0.25, -0.2) is 4.79 Å². The first-order chi connectivity index (χ1) is 11.8. The molecule has 6 heteroatoms. The number of amides is 1. The van der Waals surface area contributed by atoms with Crippen LogP contribution in [-0.4, -0.2) is 23.6 Å². The minimum absolute atomic E-state index is 0.0147. The van der Waals surface area contributed by atoms with Gasteiger partial charge in [-0.3, -0.25) is 4.79 Å². The largest absolute Gasteiger partial charge is 0.450 e. The van der Waals surface area contributed by atoms with E-state index in [0.717, 1.165) is 12.0 Å². The van der Waals surface area contributed by atoms with Crippen molar-refractivity contribution in [3.05, 3.63) is 52.9 Å². The first-order valence-electron chi connectivity index (χ1n) is 8.33. The van der Waals surface area contributed by atoms with E-state index in [9.17, 15) is 9.59 Å². The van der Waals surface area contributed by atoms with Crippen LogP contribution in [0.25, 0.3) is 0 Å². The number of aromatic nitrogens is 1. The summed E-state index contributed by atoms with van der Waals surface area (Å²) in [5, 5.41) is 6.41. The molecule has 0 aliphatic carbocycles. The maximum absolute atomic E-state index is 11.9. The van der Waals surface area contributed by atoms with Crippen LogP contribution < -0.4 is 5.32 Å². The van der Waals surface area contributed by atoms with Gasteiger partial charge in [-0.15, -0.1) is 0 Å². The van der Waals surface area contributed by atoms with Crippen molar-refractivity contribution in [2.24, 2.45) is 5.92 Å². The fraction of sp³-hybridized carbons (Fsp3) is 0.421. The average molecular weight is 344 g/mol. The zero-order valence-corrected chi connectivity index (χ0v) is 15.0.